The van der Waals surface area contributed by atoms with Gasteiger partial charge in [0.2, 0.25) is 5.91 Å². The Labute approximate surface area is 120 Å². The Balaban J connectivity index is 1.84. The van der Waals surface area contributed by atoms with E-state index in [4.69, 9.17) is 5.73 Å². The minimum absolute atomic E-state index is 0.261. The summed E-state index contributed by atoms with van der Waals surface area (Å²) in [6.07, 6.45) is 1.88. The normalized spacial score (nSPS) is 10.7. The number of nitrogens with two attached hydrogens (primary N) is 1. The number of amides is 1. The second kappa shape index (κ2) is 5.28. The van der Waals surface area contributed by atoms with Crippen molar-refractivity contribution in [2.24, 2.45) is 5.73 Å². The summed E-state index contributed by atoms with van der Waals surface area (Å²) in [5.74, 6) is -0.995. The molecule has 0 aliphatic rings. The summed E-state index contributed by atoms with van der Waals surface area (Å²) in [5.41, 5.74) is 7.79. The van der Waals surface area contributed by atoms with Crippen LogP contribution in [0.25, 0.3) is 10.9 Å². The molecular formula is C16H14FN3O. The minimum atomic E-state index is -0.579. The zero-order valence-electron chi connectivity index (χ0n) is 11.2. The van der Waals surface area contributed by atoms with Gasteiger partial charge in [0, 0.05) is 29.2 Å². The number of anilines is 1. The number of hydrogen-bond donors (Lipinski definition) is 3. The third-order valence-electron chi connectivity index (χ3n) is 3.40. The molecule has 2 aromatic carbocycles. The molecule has 0 spiro atoms. The Kier molecular flexibility index (Phi) is 3.31. The van der Waals surface area contributed by atoms with E-state index in [1.807, 2.05) is 30.5 Å². The molecule has 1 aromatic heterocycles. The predicted molar refractivity (Wildman–Crippen MR) is 80.5 cm³/mol. The Hall–Kier alpha value is -2.82. The van der Waals surface area contributed by atoms with Crippen molar-refractivity contribution in [3.8, 4) is 0 Å². The van der Waals surface area contributed by atoms with E-state index in [0.717, 1.165) is 16.5 Å². The molecular weight excluding hydrogens is 269 g/mol. The standard InChI is InChI=1S/C16H14FN3O/c17-13-6-5-10(16(18)21)7-15(13)20-9-11-8-19-14-4-2-1-3-12(11)14/h1-8,19-20H,9H2,(H2,18,21). The Bertz CT molecular complexity index is 810. The van der Waals surface area contributed by atoms with Crippen molar-refractivity contribution in [1.82, 2.24) is 4.98 Å². The number of H-pyrrole nitrogens is 1. The average Bonchev–Trinajstić information content (AvgIpc) is 2.89. The maximum atomic E-state index is 13.8. The molecule has 0 saturated heterocycles. The van der Waals surface area contributed by atoms with E-state index in [1.54, 1.807) is 0 Å². The molecule has 3 rings (SSSR count). The lowest BCUT2D eigenvalue weighted by molar-refractivity contribution is 0.100. The molecule has 0 unspecified atom stereocenters. The maximum absolute atomic E-state index is 13.8. The molecule has 0 saturated carbocycles. The summed E-state index contributed by atoms with van der Waals surface area (Å²) in [6.45, 7) is 0.448. The van der Waals surface area contributed by atoms with Crippen LogP contribution >= 0.6 is 0 Å². The first kappa shape index (κ1) is 13.2. The molecule has 21 heavy (non-hydrogen) atoms. The van der Waals surface area contributed by atoms with Crippen LogP contribution in [0.15, 0.2) is 48.7 Å². The summed E-state index contributed by atoms with van der Waals surface area (Å²) in [5, 5.41) is 4.08. The van der Waals surface area contributed by atoms with Crippen LogP contribution in [0.2, 0.25) is 0 Å². The lowest BCUT2D eigenvalue weighted by Gasteiger charge is -2.08. The topological polar surface area (TPSA) is 70.9 Å². The number of benzene rings is 2. The van der Waals surface area contributed by atoms with Crippen molar-refractivity contribution in [2.75, 3.05) is 5.32 Å². The highest BCUT2D eigenvalue weighted by molar-refractivity contribution is 5.93. The summed E-state index contributed by atoms with van der Waals surface area (Å²) in [6, 6.07) is 11.9. The van der Waals surface area contributed by atoms with E-state index in [-0.39, 0.29) is 11.3 Å². The summed E-state index contributed by atoms with van der Waals surface area (Å²) in [4.78, 5) is 14.3. The first-order chi connectivity index (χ1) is 10.1. The number of carbonyl (C=O) groups excluding carboxylic acids is 1. The fourth-order valence-corrected chi connectivity index (χ4v) is 2.28. The first-order valence-electron chi connectivity index (χ1n) is 6.53. The van der Waals surface area contributed by atoms with Gasteiger partial charge in [0.25, 0.3) is 0 Å². The third-order valence-corrected chi connectivity index (χ3v) is 3.40. The van der Waals surface area contributed by atoms with Crippen LogP contribution in [0.5, 0.6) is 0 Å². The highest BCUT2D eigenvalue weighted by Gasteiger charge is 2.08. The van der Waals surface area contributed by atoms with Gasteiger partial charge in [-0.2, -0.15) is 0 Å². The molecule has 3 aromatic rings. The number of rotatable bonds is 4. The lowest BCUT2D eigenvalue weighted by atomic mass is 10.1. The minimum Gasteiger partial charge on any atom is -0.378 e. The van der Waals surface area contributed by atoms with E-state index in [0.29, 0.717) is 6.54 Å². The van der Waals surface area contributed by atoms with Crippen LogP contribution in [0, 0.1) is 5.82 Å². The fourth-order valence-electron chi connectivity index (χ4n) is 2.28. The zero-order valence-corrected chi connectivity index (χ0v) is 11.2. The summed E-state index contributed by atoms with van der Waals surface area (Å²) >= 11 is 0. The second-order valence-electron chi connectivity index (χ2n) is 4.77. The molecule has 0 bridgehead atoms. The Morgan fingerprint density at radius 1 is 1.24 bits per heavy atom. The Morgan fingerprint density at radius 2 is 2.05 bits per heavy atom. The summed E-state index contributed by atoms with van der Waals surface area (Å²) < 4.78 is 13.8. The molecule has 0 radical (unpaired) electrons. The van der Waals surface area contributed by atoms with Crippen LogP contribution < -0.4 is 11.1 Å². The molecule has 0 atom stereocenters. The summed E-state index contributed by atoms with van der Waals surface area (Å²) in [7, 11) is 0. The van der Waals surface area contributed by atoms with Crippen LogP contribution in [0.1, 0.15) is 15.9 Å². The highest BCUT2D eigenvalue weighted by atomic mass is 19.1. The van der Waals surface area contributed by atoms with E-state index < -0.39 is 11.7 Å². The number of aromatic nitrogens is 1. The average molecular weight is 283 g/mol. The monoisotopic (exact) mass is 283 g/mol. The molecule has 5 heteroatoms. The number of para-hydroxylation sites is 1. The fraction of sp³-hybridized carbons (Fsp3) is 0.0625. The van der Waals surface area contributed by atoms with Gasteiger partial charge in [-0.15, -0.1) is 0 Å². The van der Waals surface area contributed by atoms with Crippen molar-refractivity contribution in [3.63, 3.8) is 0 Å². The van der Waals surface area contributed by atoms with Crippen molar-refractivity contribution in [3.05, 3.63) is 65.6 Å². The molecule has 4 nitrogen and oxygen atoms in total. The first-order valence-corrected chi connectivity index (χ1v) is 6.53. The molecule has 106 valence electrons. The number of carbonyl (C=O) groups is 1. The van der Waals surface area contributed by atoms with Crippen molar-refractivity contribution >= 4 is 22.5 Å². The van der Waals surface area contributed by atoms with Gasteiger partial charge in [0.1, 0.15) is 5.82 Å². The highest BCUT2D eigenvalue weighted by Crippen LogP contribution is 2.21. The largest absolute Gasteiger partial charge is 0.378 e. The maximum Gasteiger partial charge on any atom is 0.248 e. The third kappa shape index (κ3) is 2.58. The molecule has 0 fully saturated rings. The lowest BCUT2D eigenvalue weighted by Crippen LogP contribution is -2.12. The van der Waals surface area contributed by atoms with E-state index in [9.17, 15) is 9.18 Å². The molecule has 0 aliphatic heterocycles. The van der Waals surface area contributed by atoms with E-state index in [1.165, 1.54) is 18.2 Å². The SMILES string of the molecule is NC(=O)c1ccc(F)c(NCc2c[nH]c3ccccc23)c1. The number of primary amides is 1. The van der Waals surface area contributed by atoms with Gasteiger partial charge in [-0.1, -0.05) is 18.2 Å². The van der Waals surface area contributed by atoms with Gasteiger partial charge in [-0.3, -0.25) is 4.79 Å². The van der Waals surface area contributed by atoms with E-state index in [2.05, 4.69) is 10.3 Å². The zero-order chi connectivity index (χ0) is 14.8. The smallest absolute Gasteiger partial charge is 0.248 e. The van der Waals surface area contributed by atoms with Gasteiger partial charge in [0.05, 0.1) is 5.69 Å². The van der Waals surface area contributed by atoms with Crippen LogP contribution in [0.4, 0.5) is 10.1 Å². The number of hydrogen-bond acceptors (Lipinski definition) is 2. The predicted octanol–water partition coefficient (Wildman–Crippen LogP) is 3.02. The van der Waals surface area contributed by atoms with Gasteiger partial charge in [-0.05, 0) is 29.8 Å². The number of aromatic amines is 1. The Morgan fingerprint density at radius 3 is 2.86 bits per heavy atom. The van der Waals surface area contributed by atoms with Gasteiger partial charge in [0.15, 0.2) is 0 Å². The van der Waals surface area contributed by atoms with Crippen molar-refractivity contribution in [2.45, 2.75) is 6.54 Å². The van der Waals surface area contributed by atoms with Crippen molar-refractivity contribution in [1.29, 1.82) is 0 Å². The molecule has 0 aliphatic carbocycles. The molecule has 4 N–H and O–H groups in total. The van der Waals surface area contributed by atoms with Crippen LogP contribution in [-0.4, -0.2) is 10.9 Å². The van der Waals surface area contributed by atoms with Crippen LogP contribution in [-0.2, 0) is 6.54 Å². The number of halogens is 1. The molecule has 1 heterocycles. The van der Waals surface area contributed by atoms with Crippen molar-refractivity contribution < 1.29 is 9.18 Å². The second-order valence-corrected chi connectivity index (χ2v) is 4.77. The molecule has 1 amide bonds. The van der Waals surface area contributed by atoms with Gasteiger partial charge < -0.3 is 16.0 Å². The van der Waals surface area contributed by atoms with Gasteiger partial charge in [-0.25, -0.2) is 4.39 Å². The number of nitrogens with one attached hydrogen (secondary N) is 2. The number of fused-ring (bicyclic) bond motifs is 1. The van der Waals surface area contributed by atoms with Gasteiger partial charge >= 0.3 is 0 Å². The van der Waals surface area contributed by atoms with Crippen LogP contribution in [0.3, 0.4) is 0 Å². The van der Waals surface area contributed by atoms with E-state index >= 15 is 0 Å². The quantitative estimate of drug-likeness (QED) is 0.688.